The molecule has 0 fully saturated rings. The number of esters is 1. The van der Waals surface area contributed by atoms with E-state index in [9.17, 15) is 9.59 Å². The van der Waals surface area contributed by atoms with Crippen molar-refractivity contribution in [3.63, 3.8) is 0 Å². The topological polar surface area (TPSA) is 64.6 Å². The van der Waals surface area contributed by atoms with Gasteiger partial charge in [0.25, 0.3) is 5.91 Å². The predicted molar refractivity (Wildman–Crippen MR) is 106 cm³/mol. The van der Waals surface area contributed by atoms with Gasteiger partial charge < -0.3 is 14.8 Å². The first-order valence-electron chi connectivity index (χ1n) is 9.10. The Morgan fingerprint density at radius 1 is 1.00 bits per heavy atom. The van der Waals surface area contributed by atoms with Gasteiger partial charge in [0.15, 0.2) is 6.61 Å². The maximum atomic E-state index is 12.2. The van der Waals surface area contributed by atoms with Crippen LogP contribution in [0.5, 0.6) is 5.75 Å². The van der Waals surface area contributed by atoms with Crippen LogP contribution in [0, 0.1) is 6.92 Å². The fourth-order valence-corrected chi connectivity index (χ4v) is 2.56. The minimum Gasteiger partial charge on any atom is -0.483 e. The average molecular weight is 369 g/mol. The van der Waals surface area contributed by atoms with Gasteiger partial charge in [0.05, 0.1) is 11.7 Å². The third kappa shape index (κ3) is 6.13. The van der Waals surface area contributed by atoms with Gasteiger partial charge in [-0.05, 0) is 68.1 Å². The Balaban J connectivity index is 1.95. The minimum atomic E-state index is -0.383. The third-order valence-electron chi connectivity index (χ3n) is 3.90. The molecule has 5 heteroatoms. The van der Waals surface area contributed by atoms with E-state index in [2.05, 4.69) is 19.2 Å². The van der Waals surface area contributed by atoms with Crippen LogP contribution in [0.3, 0.4) is 0 Å². The lowest BCUT2D eigenvalue weighted by atomic mass is 10.0. The van der Waals surface area contributed by atoms with Crippen molar-refractivity contribution in [1.29, 1.82) is 0 Å². The highest BCUT2D eigenvalue weighted by atomic mass is 16.5. The molecule has 1 N–H and O–H groups in total. The van der Waals surface area contributed by atoms with Crippen molar-refractivity contribution in [2.75, 3.05) is 11.9 Å². The summed E-state index contributed by atoms with van der Waals surface area (Å²) in [4.78, 5) is 24.0. The van der Waals surface area contributed by atoms with E-state index in [1.165, 1.54) is 0 Å². The molecule has 1 amide bonds. The summed E-state index contributed by atoms with van der Waals surface area (Å²) >= 11 is 0. The molecule has 5 nitrogen and oxygen atoms in total. The number of hydrogen-bond donors (Lipinski definition) is 1. The minimum absolute atomic E-state index is 0.0830. The quantitative estimate of drug-likeness (QED) is 0.719. The number of carbonyl (C=O) groups excluding carboxylic acids is 2. The second-order valence-electron chi connectivity index (χ2n) is 7.06. The highest BCUT2D eigenvalue weighted by Crippen LogP contribution is 2.27. The number of ether oxygens (including phenoxy) is 2. The molecule has 0 aromatic heterocycles. The number of hydrogen-bond acceptors (Lipinski definition) is 4. The largest absolute Gasteiger partial charge is 0.483 e. The zero-order valence-electron chi connectivity index (χ0n) is 16.5. The Hall–Kier alpha value is -2.82. The van der Waals surface area contributed by atoms with Gasteiger partial charge in [-0.2, -0.15) is 0 Å². The molecular weight excluding hydrogens is 342 g/mol. The smallest absolute Gasteiger partial charge is 0.338 e. The zero-order chi connectivity index (χ0) is 20.0. The van der Waals surface area contributed by atoms with Gasteiger partial charge in [0.1, 0.15) is 5.75 Å². The molecule has 0 aliphatic heterocycles. The van der Waals surface area contributed by atoms with Crippen molar-refractivity contribution in [3.05, 3.63) is 59.2 Å². The first-order chi connectivity index (χ1) is 12.8. The predicted octanol–water partition coefficient (Wildman–Crippen LogP) is 4.70. The normalized spacial score (nSPS) is 10.8. The summed E-state index contributed by atoms with van der Waals surface area (Å²) in [5.41, 5.74) is 3.19. The number of aryl methyl sites for hydroxylation is 1. The van der Waals surface area contributed by atoms with E-state index in [-0.39, 0.29) is 24.6 Å². The lowest BCUT2D eigenvalue weighted by Gasteiger charge is -2.15. The van der Waals surface area contributed by atoms with E-state index in [1.54, 1.807) is 38.1 Å². The first kappa shape index (κ1) is 20.5. The van der Waals surface area contributed by atoms with Crippen molar-refractivity contribution < 1.29 is 19.1 Å². The van der Waals surface area contributed by atoms with Crippen molar-refractivity contribution >= 4 is 17.6 Å². The van der Waals surface area contributed by atoms with E-state index < -0.39 is 0 Å². The molecule has 144 valence electrons. The van der Waals surface area contributed by atoms with Gasteiger partial charge in [-0.25, -0.2) is 4.79 Å². The second-order valence-corrected chi connectivity index (χ2v) is 7.06. The molecule has 0 spiro atoms. The summed E-state index contributed by atoms with van der Waals surface area (Å²) < 4.78 is 10.9. The van der Waals surface area contributed by atoms with E-state index in [0.29, 0.717) is 17.2 Å². The van der Waals surface area contributed by atoms with Crippen molar-refractivity contribution in [2.45, 2.75) is 46.6 Å². The van der Waals surface area contributed by atoms with Crippen molar-refractivity contribution in [3.8, 4) is 5.75 Å². The van der Waals surface area contributed by atoms with Gasteiger partial charge in [-0.3, -0.25) is 4.79 Å². The van der Waals surface area contributed by atoms with Crippen LogP contribution in [0.4, 0.5) is 5.69 Å². The zero-order valence-corrected chi connectivity index (χ0v) is 16.5. The third-order valence-corrected chi connectivity index (χ3v) is 3.90. The van der Waals surface area contributed by atoms with Gasteiger partial charge >= 0.3 is 5.97 Å². The van der Waals surface area contributed by atoms with Gasteiger partial charge in [-0.15, -0.1) is 0 Å². The molecule has 2 aromatic carbocycles. The molecule has 0 saturated heterocycles. The van der Waals surface area contributed by atoms with Crippen LogP contribution in [0.15, 0.2) is 42.5 Å². The molecule has 0 bridgehead atoms. The van der Waals surface area contributed by atoms with Crippen molar-refractivity contribution in [2.24, 2.45) is 0 Å². The van der Waals surface area contributed by atoms with Crippen LogP contribution in [-0.4, -0.2) is 24.6 Å². The molecule has 0 unspecified atom stereocenters. The van der Waals surface area contributed by atoms with E-state index in [4.69, 9.17) is 9.47 Å². The molecule has 27 heavy (non-hydrogen) atoms. The molecule has 2 aromatic rings. The fraction of sp³-hybridized carbons (Fsp3) is 0.364. The number of carbonyl (C=O) groups is 2. The molecule has 0 saturated carbocycles. The Morgan fingerprint density at radius 2 is 1.67 bits per heavy atom. The Bertz CT molecular complexity index is 794. The van der Waals surface area contributed by atoms with Crippen LogP contribution in [-0.2, 0) is 9.53 Å². The van der Waals surface area contributed by atoms with Crippen LogP contribution >= 0.6 is 0 Å². The maximum Gasteiger partial charge on any atom is 0.338 e. The summed E-state index contributed by atoms with van der Waals surface area (Å²) in [5.74, 6) is 0.393. The van der Waals surface area contributed by atoms with E-state index >= 15 is 0 Å². The highest BCUT2D eigenvalue weighted by Gasteiger charge is 2.12. The molecule has 0 heterocycles. The van der Waals surface area contributed by atoms with Crippen LogP contribution in [0.1, 0.15) is 55.1 Å². The Morgan fingerprint density at radius 3 is 2.26 bits per heavy atom. The summed E-state index contributed by atoms with van der Waals surface area (Å²) in [5, 5.41) is 2.77. The summed E-state index contributed by atoms with van der Waals surface area (Å²) in [6.45, 7) is 9.67. The Labute approximate surface area is 160 Å². The number of amides is 1. The van der Waals surface area contributed by atoms with Crippen LogP contribution in [0.25, 0.3) is 0 Å². The number of benzene rings is 2. The molecule has 0 atom stereocenters. The van der Waals surface area contributed by atoms with Gasteiger partial charge in [0, 0.05) is 5.69 Å². The second kappa shape index (κ2) is 9.21. The molecule has 0 radical (unpaired) electrons. The summed E-state index contributed by atoms with van der Waals surface area (Å²) in [6, 6.07) is 12.6. The first-order valence-corrected chi connectivity index (χ1v) is 9.10. The summed E-state index contributed by atoms with van der Waals surface area (Å²) in [7, 11) is 0. The molecule has 2 rings (SSSR count). The van der Waals surface area contributed by atoms with Gasteiger partial charge in [0.2, 0.25) is 0 Å². The number of rotatable bonds is 7. The van der Waals surface area contributed by atoms with E-state index in [0.717, 1.165) is 16.9 Å². The standard InChI is InChI=1S/C22H27NO4/c1-14(2)19-11-6-16(5)12-20(19)26-13-21(24)23-18-9-7-17(8-10-18)22(25)27-15(3)4/h6-12,14-15H,13H2,1-5H3,(H,23,24). The Kier molecular flexibility index (Phi) is 6.99. The van der Waals surface area contributed by atoms with Crippen molar-refractivity contribution in [1.82, 2.24) is 0 Å². The highest BCUT2D eigenvalue weighted by molar-refractivity contribution is 5.93. The maximum absolute atomic E-state index is 12.2. The average Bonchev–Trinajstić information content (AvgIpc) is 2.59. The lowest BCUT2D eigenvalue weighted by molar-refractivity contribution is -0.118. The van der Waals surface area contributed by atoms with E-state index in [1.807, 2.05) is 25.1 Å². The fourth-order valence-electron chi connectivity index (χ4n) is 2.56. The van der Waals surface area contributed by atoms with Crippen LogP contribution < -0.4 is 10.1 Å². The SMILES string of the molecule is Cc1ccc(C(C)C)c(OCC(=O)Nc2ccc(C(=O)OC(C)C)cc2)c1. The summed E-state index contributed by atoms with van der Waals surface area (Å²) in [6.07, 6.45) is -0.175. The molecule has 0 aliphatic rings. The molecule has 0 aliphatic carbocycles. The number of nitrogens with one attached hydrogen (secondary N) is 1. The lowest BCUT2D eigenvalue weighted by Crippen LogP contribution is -2.20. The monoisotopic (exact) mass is 369 g/mol. The van der Waals surface area contributed by atoms with Gasteiger partial charge in [-0.1, -0.05) is 26.0 Å². The molecular formula is C22H27NO4. The van der Waals surface area contributed by atoms with Crippen LogP contribution in [0.2, 0.25) is 0 Å². The number of anilines is 1.